The van der Waals surface area contributed by atoms with Crippen molar-refractivity contribution in [2.45, 2.75) is 19.1 Å². The highest BCUT2D eigenvalue weighted by molar-refractivity contribution is 7.15. The maximum atomic E-state index is 12.0. The molecule has 2 rings (SSSR count). The molecule has 0 radical (unpaired) electrons. The van der Waals surface area contributed by atoms with E-state index in [9.17, 15) is 13.2 Å². The van der Waals surface area contributed by atoms with E-state index in [4.69, 9.17) is 4.74 Å². The average Bonchev–Trinajstić information content (AvgIpc) is 2.99. The van der Waals surface area contributed by atoms with Gasteiger partial charge in [0.2, 0.25) is 0 Å². The smallest absolute Gasteiger partial charge is 0.401 e. The maximum Gasteiger partial charge on any atom is 0.401 e. The van der Waals surface area contributed by atoms with Crippen LogP contribution in [0.15, 0.2) is 30.5 Å². The molecule has 2 aromatic rings. The predicted molar refractivity (Wildman–Crippen MR) is 89.4 cm³/mol. The number of ether oxygens (including phenoxy) is 1. The number of thiazole rings is 1. The van der Waals surface area contributed by atoms with Crippen molar-refractivity contribution >= 4 is 11.3 Å². The molecule has 0 saturated carbocycles. The number of aromatic nitrogens is 1. The van der Waals surface area contributed by atoms with Crippen molar-refractivity contribution in [3.05, 3.63) is 35.3 Å². The molecule has 0 saturated heterocycles. The third kappa shape index (κ3) is 6.46. The van der Waals surface area contributed by atoms with E-state index in [1.807, 2.05) is 37.5 Å². The summed E-state index contributed by atoms with van der Waals surface area (Å²) in [6, 6.07) is 7.55. The Morgan fingerprint density at radius 2 is 1.96 bits per heavy atom. The molecule has 0 aliphatic rings. The van der Waals surface area contributed by atoms with Crippen molar-refractivity contribution in [1.29, 1.82) is 0 Å². The zero-order valence-electron chi connectivity index (χ0n) is 13.3. The zero-order chi connectivity index (χ0) is 17.4. The number of benzene rings is 1. The van der Waals surface area contributed by atoms with Gasteiger partial charge in [-0.15, -0.1) is 11.3 Å². The lowest BCUT2D eigenvalue weighted by Crippen LogP contribution is -2.30. The van der Waals surface area contributed by atoms with Gasteiger partial charge in [-0.05, 0) is 44.3 Å². The molecule has 8 heteroatoms. The molecule has 0 unspecified atom stereocenters. The van der Waals surface area contributed by atoms with E-state index in [0.29, 0.717) is 18.8 Å². The number of halogens is 3. The molecule has 1 aromatic carbocycles. The van der Waals surface area contributed by atoms with Crippen LogP contribution in [0, 0.1) is 0 Å². The molecular formula is C16H20F3N3OS. The highest BCUT2D eigenvalue weighted by Crippen LogP contribution is 2.26. The fourth-order valence-electron chi connectivity index (χ4n) is 2.01. The molecule has 0 bridgehead atoms. The minimum atomic E-state index is -4.17. The summed E-state index contributed by atoms with van der Waals surface area (Å²) in [5.74, 6) is 0.696. The van der Waals surface area contributed by atoms with Gasteiger partial charge in [-0.25, -0.2) is 4.98 Å². The number of nitrogens with one attached hydrogen (secondary N) is 2. The van der Waals surface area contributed by atoms with Gasteiger partial charge in [-0.1, -0.05) is 0 Å². The Hall–Kier alpha value is -1.64. The van der Waals surface area contributed by atoms with E-state index < -0.39 is 12.7 Å². The molecule has 2 N–H and O–H groups in total. The Kier molecular flexibility index (Phi) is 7.01. The third-order valence-electron chi connectivity index (χ3n) is 3.10. The first-order valence-corrected chi connectivity index (χ1v) is 8.39. The number of rotatable bonds is 9. The van der Waals surface area contributed by atoms with Gasteiger partial charge in [0.25, 0.3) is 0 Å². The summed E-state index contributed by atoms with van der Waals surface area (Å²) in [4.78, 5) is 5.55. The number of nitrogens with zero attached hydrogens (tertiary/aromatic N) is 1. The average molecular weight is 359 g/mol. The van der Waals surface area contributed by atoms with E-state index in [0.717, 1.165) is 17.1 Å². The minimum absolute atomic E-state index is 0.269. The van der Waals surface area contributed by atoms with E-state index in [1.54, 1.807) is 11.3 Å². The van der Waals surface area contributed by atoms with Crippen LogP contribution in [-0.4, -0.2) is 37.9 Å². The fourth-order valence-corrected chi connectivity index (χ4v) is 2.94. The van der Waals surface area contributed by atoms with Crippen LogP contribution < -0.4 is 15.4 Å². The number of hydrogen-bond acceptors (Lipinski definition) is 5. The largest absolute Gasteiger partial charge is 0.494 e. The second-order valence-corrected chi connectivity index (χ2v) is 6.30. The molecule has 0 amide bonds. The normalized spacial score (nSPS) is 11.7. The summed E-state index contributed by atoms with van der Waals surface area (Å²) in [6.07, 6.45) is -1.80. The molecule has 0 aliphatic carbocycles. The zero-order valence-corrected chi connectivity index (χ0v) is 14.1. The van der Waals surface area contributed by atoms with Crippen LogP contribution in [0.3, 0.4) is 0 Å². The summed E-state index contributed by atoms with van der Waals surface area (Å²) < 4.78 is 41.4. The van der Waals surface area contributed by atoms with Gasteiger partial charge in [0.05, 0.1) is 13.2 Å². The van der Waals surface area contributed by atoms with Gasteiger partial charge in [0.15, 0.2) is 0 Å². The van der Waals surface area contributed by atoms with Crippen molar-refractivity contribution in [2.24, 2.45) is 0 Å². The van der Waals surface area contributed by atoms with Crippen molar-refractivity contribution in [1.82, 2.24) is 15.6 Å². The first-order valence-electron chi connectivity index (χ1n) is 7.58. The Morgan fingerprint density at radius 1 is 1.21 bits per heavy atom. The molecule has 4 nitrogen and oxygen atoms in total. The van der Waals surface area contributed by atoms with Gasteiger partial charge in [0.1, 0.15) is 10.8 Å². The lowest BCUT2D eigenvalue weighted by molar-refractivity contribution is -0.124. The summed E-state index contributed by atoms with van der Waals surface area (Å²) in [5, 5.41) is 6.37. The van der Waals surface area contributed by atoms with Crippen molar-refractivity contribution in [2.75, 3.05) is 26.7 Å². The van der Waals surface area contributed by atoms with E-state index in [2.05, 4.69) is 15.6 Å². The molecule has 132 valence electrons. The monoisotopic (exact) mass is 359 g/mol. The lowest BCUT2D eigenvalue weighted by atomic mass is 10.2. The van der Waals surface area contributed by atoms with Crippen molar-refractivity contribution in [3.63, 3.8) is 0 Å². The van der Waals surface area contributed by atoms with Gasteiger partial charge in [-0.3, -0.25) is 0 Å². The predicted octanol–water partition coefficient (Wildman–Crippen LogP) is 3.45. The summed E-state index contributed by atoms with van der Waals surface area (Å²) in [7, 11) is 1.89. The Bertz CT molecular complexity index is 614. The summed E-state index contributed by atoms with van der Waals surface area (Å²) >= 11 is 1.63. The Morgan fingerprint density at radius 3 is 2.62 bits per heavy atom. The van der Waals surface area contributed by atoms with Crippen LogP contribution in [0.25, 0.3) is 10.6 Å². The van der Waals surface area contributed by atoms with E-state index in [-0.39, 0.29) is 6.54 Å². The van der Waals surface area contributed by atoms with Crippen LogP contribution in [0.4, 0.5) is 13.2 Å². The molecule has 0 fully saturated rings. The summed E-state index contributed by atoms with van der Waals surface area (Å²) in [5.41, 5.74) is 1.02. The lowest BCUT2D eigenvalue weighted by Gasteiger charge is -2.09. The quantitative estimate of drug-likeness (QED) is 0.673. The SMILES string of the molecule is CNCc1cnc(-c2ccc(OCCCNCC(F)(F)F)cc2)s1. The molecular weight excluding hydrogens is 339 g/mol. The highest BCUT2D eigenvalue weighted by Gasteiger charge is 2.25. The van der Waals surface area contributed by atoms with Crippen molar-refractivity contribution < 1.29 is 17.9 Å². The van der Waals surface area contributed by atoms with Gasteiger partial charge in [0, 0.05) is 23.2 Å². The fraction of sp³-hybridized carbons (Fsp3) is 0.438. The third-order valence-corrected chi connectivity index (χ3v) is 4.14. The van der Waals surface area contributed by atoms with Gasteiger partial charge in [-0.2, -0.15) is 13.2 Å². The van der Waals surface area contributed by atoms with Crippen LogP contribution >= 0.6 is 11.3 Å². The Balaban J connectivity index is 1.73. The van der Waals surface area contributed by atoms with Crippen molar-refractivity contribution in [3.8, 4) is 16.3 Å². The van der Waals surface area contributed by atoms with Gasteiger partial charge < -0.3 is 15.4 Å². The number of alkyl halides is 3. The van der Waals surface area contributed by atoms with E-state index >= 15 is 0 Å². The molecule has 0 aliphatic heterocycles. The highest BCUT2D eigenvalue weighted by atomic mass is 32.1. The Labute approximate surface area is 143 Å². The minimum Gasteiger partial charge on any atom is -0.494 e. The van der Waals surface area contributed by atoms with E-state index in [1.165, 1.54) is 4.88 Å². The topological polar surface area (TPSA) is 46.2 Å². The first-order chi connectivity index (χ1) is 11.5. The first kappa shape index (κ1) is 18.7. The molecule has 0 atom stereocenters. The molecule has 1 aromatic heterocycles. The van der Waals surface area contributed by atoms with Crippen LogP contribution in [0.1, 0.15) is 11.3 Å². The second kappa shape index (κ2) is 9.00. The number of hydrogen-bond donors (Lipinski definition) is 2. The van der Waals surface area contributed by atoms with Crippen LogP contribution in [0.5, 0.6) is 5.75 Å². The van der Waals surface area contributed by atoms with Gasteiger partial charge >= 0.3 is 6.18 Å². The molecule has 24 heavy (non-hydrogen) atoms. The second-order valence-electron chi connectivity index (χ2n) is 5.18. The molecule has 1 heterocycles. The molecule has 0 spiro atoms. The van der Waals surface area contributed by atoms with Crippen LogP contribution in [0.2, 0.25) is 0 Å². The van der Waals surface area contributed by atoms with Crippen LogP contribution in [-0.2, 0) is 6.54 Å². The standard InChI is InChI=1S/C16H20F3N3OS/c1-20-9-14-10-22-15(24-14)12-3-5-13(6-4-12)23-8-2-7-21-11-16(17,18)19/h3-6,10,20-21H,2,7-9,11H2,1H3. The summed E-state index contributed by atoms with van der Waals surface area (Å²) in [6.45, 7) is 0.463. The maximum absolute atomic E-state index is 12.0.